The molecule has 3 heterocycles. The number of aromatic nitrogens is 1. The molecule has 0 spiro atoms. The van der Waals surface area contributed by atoms with Gasteiger partial charge in [-0.15, -0.1) is 22.7 Å². The van der Waals surface area contributed by atoms with Crippen LogP contribution in [0.3, 0.4) is 0 Å². The first kappa shape index (κ1) is 22.2. The van der Waals surface area contributed by atoms with Crippen molar-refractivity contribution in [1.29, 1.82) is 0 Å². The van der Waals surface area contributed by atoms with Gasteiger partial charge in [0.1, 0.15) is 9.71 Å². The normalized spacial score (nSPS) is 11.0. The second kappa shape index (κ2) is 9.41. The van der Waals surface area contributed by atoms with Crippen molar-refractivity contribution < 1.29 is 4.79 Å². The van der Waals surface area contributed by atoms with Gasteiger partial charge in [0, 0.05) is 32.8 Å². The molecule has 36 heavy (non-hydrogen) atoms. The van der Waals surface area contributed by atoms with Gasteiger partial charge in [0.25, 0.3) is 5.91 Å². The van der Waals surface area contributed by atoms with Gasteiger partial charge in [-0.25, -0.2) is 4.98 Å². The summed E-state index contributed by atoms with van der Waals surface area (Å²) in [6.45, 7) is 0. The zero-order valence-electron chi connectivity index (χ0n) is 19.2. The lowest BCUT2D eigenvalue weighted by Crippen LogP contribution is -2.25. The molecule has 6 aromatic rings. The molecule has 0 unspecified atom stereocenters. The second-order valence-corrected chi connectivity index (χ2v) is 10.2. The highest BCUT2D eigenvalue weighted by Crippen LogP contribution is 2.43. The number of benzene rings is 3. The summed E-state index contributed by atoms with van der Waals surface area (Å²) in [5.74, 6) is -0.175. The molecule has 6 heteroatoms. The van der Waals surface area contributed by atoms with Crippen molar-refractivity contribution in [3.8, 4) is 21.7 Å². The van der Waals surface area contributed by atoms with Crippen molar-refractivity contribution in [2.75, 3.05) is 10.6 Å². The molecule has 0 aliphatic rings. The summed E-state index contributed by atoms with van der Waals surface area (Å²) in [7, 11) is 0. The smallest absolute Gasteiger partial charge is 0.275 e. The zero-order chi connectivity index (χ0) is 24.5. The molecule has 6 rings (SSSR count). The number of anilines is 3. The number of carbonyl (C=O) groups is 1. The van der Waals surface area contributed by atoms with Crippen molar-refractivity contribution in [2.24, 2.45) is 0 Å². The van der Waals surface area contributed by atoms with E-state index in [-0.39, 0.29) is 5.91 Å². The van der Waals surface area contributed by atoms with Crippen LogP contribution in [0.1, 0.15) is 9.67 Å². The number of thiophene rings is 2. The molecular formula is C30H21N3OS2. The van der Waals surface area contributed by atoms with E-state index in [9.17, 15) is 4.79 Å². The minimum absolute atomic E-state index is 0.175. The van der Waals surface area contributed by atoms with Crippen molar-refractivity contribution in [3.63, 3.8) is 0 Å². The fourth-order valence-electron chi connectivity index (χ4n) is 4.30. The van der Waals surface area contributed by atoms with E-state index in [1.165, 1.54) is 11.3 Å². The van der Waals surface area contributed by atoms with E-state index in [1.807, 2.05) is 102 Å². The van der Waals surface area contributed by atoms with E-state index < -0.39 is 0 Å². The molecule has 0 fully saturated rings. The monoisotopic (exact) mass is 503 g/mol. The molecule has 2 N–H and O–H groups in total. The number of nitrogens with zero attached hydrogens (tertiary/aromatic N) is 2. The first-order chi connectivity index (χ1) is 17.7. The van der Waals surface area contributed by atoms with Crippen LogP contribution in [-0.2, 0) is 0 Å². The summed E-state index contributed by atoms with van der Waals surface area (Å²) in [6, 6.07) is 35.5. The average Bonchev–Trinajstić information content (AvgIpc) is 3.59. The van der Waals surface area contributed by atoms with Crippen LogP contribution in [0.2, 0.25) is 0 Å². The largest absolute Gasteiger partial charge is 0.397 e. The lowest BCUT2D eigenvalue weighted by molar-refractivity contribution is 0.100. The van der Waals surface area contributed by atoms with Gasteiger partial charge in [-0.3, -0.25) is 9.69 Å². The number of hydrogen-bond donors (Lipinski definition) is 1. The van der Waals surface area contributed by atoms with E-state index >= 15 is 0 Å². The maximum atomic E-state index is 14.1. The van der Waals surface area contributed by atoms with E-state index in [1.54, 1.807) is 16.2 Å². The van der Waals surface area contributed by atoms with Gasteiger partial charge in [0.05, 0.1) is 11.4 Å². The third-order valence-corrected chi connectivity index (χ3v) is 7.97. The first-order valence-corrected chi connectivity index (χ1v) is 13.2. The molecule has 0 aliphatic carbocycles. The Balaban J connectivity index is 1.56. The van der Waals surface area contributed by atoms with Crippen LogP contribution in [-0.4, -0.2) is 10.9 Å². The summed E-state index contributed by atoms with van der Waals surface area (Å²) >= 11 is 2.99. The number of para-hydroxylation sites is 2. The molecule has 0 saturated carbocycles. The predicted molar refractivity (Wildman–Crippen MR) is 152 cm³/mol. The lowest BCUT2D eigenvalue weighted by atomic mass is 10.0. The molecule has 1 amide bonds. The summed E-state index contributed by atoms with van der Waals surface area (Å²) in [5.41, 5.74) is 11.7. The number of amides is 1. The summed E-state index contributed by atoms with van der Waals surface area (Å²) < 4.78 is 0. The second-order valence-electron chi connectivity index (χ2n) is 8.24. The maximum Gasteiger partial charge on any atom is 0.275 e. The zero-order valence-corrected chi connectivity index (χ0v) is 20.8. The SMILES string of the molecule is Nc1c(C(=O)N(c2ccccc2)c2ccccc2)sc2nc(-c3ccccc3)cc(-c3cccs3)c12. The molecule has 3 aromatic heterocycles. The Hall–Kier alpha value is -4.26. The standard InChI is InChI=1S/C30H21N3OS2/c31-27-26-23(25-17-10-18-35-25)19-24(20-11-4-1-5-12-20)32-29(26)36-28(27)30(34)33(21-13-6-2-7-14-21)22-15-8-3-9-16-22/h1-19H,31H2. The van der Waals surface area contributed by atoms with Crippen LogP contribution in [0.25, 0.3) is 31.9 Å². The molecule has 0 radical (unpaired) electrons. The number of nitrogen functional groups attached to an aromatic ring is 1. The Kier molecular flexibility index (Phi) is 5.81. The van der Waals surface area contributed by atoms with E-state index in [4.69, 9.17) is 10.7 Å². The molecule has 174 valence electrons. The van der Waals surface area contributed by atoms with E-state index in [2.05, 4.69) is 12.1 Å². The predicted octanol–water partition coefficient (Wildman–Crippen LogP) is 8.25. The minimum atomic E-state index is -0.175. The highest BCUT2D eigenvalue weighted by Gasteiger charge is 2.27. The number of rotatable bonds is 5. The van der Waals surface area contributed by atoms with Gasteiger partial charge in [0.2, 0.25) is 0 Å². The van der Waals surface area contributed by atoms with Crippen molar-refractivity contribution >= 4 is 55.9 Å². The first-order valence-electron chi connectivity index (χ1n) is 11.5. The number of carbonyl (C=O) groups excluding carboxylic acids is 1. The van der Waals surface area contributed by atoms with Crippen molar-refractivity contribution in [3.05, 3.63) is 119 Å². The van der Waals surface area contributed by atoms with Gasteiger partial charge in [-0.1, -0.05) is 72.8 Å². The Labute approximate surface area is 216 Å². The molecule has 0 saturated heterocycles. The lowest BCUT2D eigenvalue weighted by Gasteiger charge is -2.22. The van der Waals surface area contributed by atoms with E-state index in [0.717, 1.165) is 43.3 Å². The van der Waals surface area contributed by atoms with Crippen molar-refractivity contribution in [2.45, 2.75) is 0 Å². The van der Waals surface area contributed by atoms with Gasteiger partial charge in [-0.05, 0) is 41.8 Å². The average molecular weight is 504 g/mol. The number of hydrogen-bond acceptors (Lipinski definition) is 5. The summed E-state index contributed by atoms with van der Waals surface area (Å²) in [4.78, 5) is 23.1. The maximum absolute atomic E-state index is 14.1. The Morgan fingerprint density at radius 3 is 1.97 bits per heavy atom. The van der Waals surface area contributed by atoms with Crippen LogP contribution in [0.5, 0.6) is 0 Å². The minimum Gasteiger partial charge on any atom is -0.397 e. The number of pyridine rings is 1. The van der Waals surface area contributed by atoms with Crippen LogP contribution in [0.15, 0.2) is 115 Å². The van der Waals surface area contributed by atoms with Crippen molar-refractivity contribution in [1.82, 2.24) is 4.98 Å². The van der Waals surface area contributed by atoms with Gasteiger partial charge in [0.15, 0.2) is 0 Å². The Morgan fingerprint density at radius 1 is 0.778 bits per heavy atom. The summed E-state index contributed by atoms with van der Waals surface area (Å²) in [5, 5.41) is 2.87. The number of fused-ring (bicyclic) bond motifs is 1. The van der Waals surface area contributed by atoms with Gasteiger partial charge in [-0.2, -0.15) is 0 Å². The Bertz CT molecular complexity index is 1610. The summed E-state index contributed by atoms with van der Waals surface area (Å²) in [6.07, 6.45) is 0. The fourth-order valence-corrected chi connectivity index (χ4v) is 6.10. The van der Waals surface area contributed by atoms with Gasteiger partial charge < -0.3 is 5.73 Å². The topological polar surface area (TPSA) is 59.2 Å². The third-order valence-electron chi connectivity index (χ3n) is 5.98. The van der Waals surface area contributed by atoms with Crippen LogP contribution in [0, 0.1) is 0 Å². The molecule has 4 nitrogen and oxygen atoms in total. The Morgan fingerprint density at radius 2 is 1.39 bits per heavy atom. The third kappa shape index (κ3) is 3.96. The fraction of sp³-hybridized carbons (Fsp3) is 0. The van der Waals surface area contributed by atoms with Crippen LogP contribution < -0.4 is 10.6 Å². The molecule has 3 aromatic carbocycles. The van der Waals surface area contributed by atoms with Crippen LogP contribution >= 0.6 is 22.7 Å². The molecule has 0 bridgehead atoms. The molecule has 0 aliphatic heterocycles. The quantitative estimate of drug-likeness (QED) is 0.258. The highest BCUT2D eigenvalue weighted by molar-refractivity contribution is 7.21. The van der Waals surface area contributed by atoms with Crippen LogP contribution in [0.4, 0.5) is 17.1 Å². The molecule has 0 atom stereocenters. The molecular weight excluding hydrogens is 482 g/mol. The number of nitrogens with two attached hydrogens (primary N) is 1. The van der Waals surface area contributed by atoms with Gasteiger partial charge >= 0.3 is 0 Å². The highest BCUT2D eigenvalue weighted by atomic mass is 32.1. The van der Waals surface area contributed by atoms with E-state index in [0.29, 0.717) is 10.6 Å².